The summed E-state index contributed by atoms with van der Waals surface area (Å²) in [7, 11) is 0. The molecular weight excluding hydrogens is 359 g/mol. The average Bonchev–Trinajstić information content (AvgIpc) is 2.59. The van der Waals surface area contributed by atoms with Crippen molar-refractivity contribution in [3.05, 3.63) is 65.2 Å². The molecule has 0 atom stereocenters. The van der Waals surface area contributed by atoms with E-state index >= 15 is 0 Å². The van der Waals surface area contributed by atoms with Crippen LogP contribution in [0.5, 0.6) is 0 Å². The van der Waals surface area contributed by atoms with Crippen molar-refractivity contribution in [3.63, 3.8) is 0 Å². The number of carbonyl (C=O) groups is 2. The Morgan fingerprint density at radius 1 is 0.963 bits per heavy atom. The highest BCUT2D eigenvalue weighted by Gasteiger charge is 2.29. The second-order valence-corrected chi connectivity index (χ2v) is 6.21. The molecule has 144 valence electrons. The lowest BCUT2D eigenvalue weighted by molar-refractivity contribution is -0.137. The van der Waals surface area contributed by atoms with E-state index in [1.54, 1.807) is 24.3 Å². The number of nitrogens with one attached hydrogen (secondary N) is 3. The van der Waals surface area contributed by atoms with Gasteiger partial charge in [-0.25, -0.2) is 4.79 Å². The lowest BCUT2D eigenvalue weighted by Gasteiger charge is -2.11. The van der Waals surface area contributed by atoms with Gasteiger partial charge in [0.25, 0.3) is 5.91 Å². The van der Waals surface area contributed by atoms with Crippen LogP contribution in [0.3, 0.4) is 0 Å². The quantitative estimate of drug-likeness (QED) is 0.730. The Hall–Kier alpha value is -3.03. The number of hydrogen-bond acceptors (Lipinski definition) is 2. The van der Waals surface area contributed by atoms with E-state index in [9.17, 15) is 22.8 Å². The molecule has 0 heterocycles. The molecule has 2 aromatic rings. The first-order valence-corrected chi connectivity index (χ1v) is 8.27. The fraction of sp³-hybridized carbons (Fsp3) is 0.263. The van der Waals surface area contributed by atoms with Gasteiger partial charge in [0.2, 0.25) is 0 Å². The van der Waals surface area contributed by atoms with Crippen LogP contribution in [0.25, 0.3) is 0 Å². The first-order valence-electron chi connectivity index (χ1n) is 8.27. The predicted octanol–water partition coefficient (Wildman–Crippen LogP) is 4.17. The molecule has 27 heavy (non-hydrogen) atoms. The molecule has 0 fully saturated rings. The fourth-order valence-corrected chi connectivity index (χ4v) is 2.23. The smallest absolute Gasteiger partial charge is 0.348 e. The molecule has 0 saturated carbocycles. The summed E-state index contributed by atoms with van der Waals surface area (Å²) in [5.41, 5.74) is 0.728. The minimum absolute atomic E-state index is 0.000230. The van der Waals surface area contributed by atoms with E-state index in [4.69, 9.17) is 0 Å². The van der Waals surface area contributed by atoms with Gasteiger partial charge in [0.05, 0.1) is 5.56 Å². The number of rotatable bonds is 5. The summed E-state index contributed by atoms with van der Waals surface area (Å²) in [5.74, 6) is -0.368. The minimum Gasteiger partial charge on any atom is -0.348 e. The maximum atomic E-state index is 12.5. The molecular formula is C19H20F3N3O2. The van der Waals surface area contributed by atoms with Crippen molar-refractivity contribution in [3.8, 4) is 0 Å². The van der Waals surface area contributed by atoms with Crippen LogP contribution in [0.2, 0.25) is 0 Å². The van der Waals surface area contributed by atoms with Crippen LogP contribution in [0.1, 0.15) is 35.3 Å². The fourth-order valence-electron chi connectivity index (χ4n) is 2.23. The molecule has 3 amide bonds. The summed E-state index contributed by atoms with van der Waals surface area (Å²) in [5, 5.41) is 7.96. The Morgan fingerprint density at radius 2 is 1.56 bits per heavy atom. The number of hydrogen-bond donors (Lipinski definition) is 3. The van der Waals surface area contributed by atoms with Crippen molar-refractivity contribution in [1.29, 1.82) is 0 Å². The van der Waals surface area contributed by atoms with E-state index in [1.807, 2.05) is 13.8 Å². The zero-order chi connectivity index (χ0) is 20.0. The molecule has 0 spiro atoms. The van der Waals surface area contributed by atoms with Gasteiger partial charge in [-0.15, -0.1) is 0 Å². The summed E-state index contributed by atoms with van der Waals surface area (Å²) in [4.78, 5) is 23.7. The zero-order valence-electron chi connectivity index (χ0n) is 14.9. The van der Waals surface area contributed by atoms with Gasteiger partial charge in [-0.05, 0) is 55.8 Å². The van der Waals surface area contributed by atoms with Crippen molar-refractivity contribution in [2.24, 2.45) is 0 Å². The molecule has 0 aliphatic rings. The number of halogens is 3. The van der Waals surface area contributed by atoms with Gasteiger partial charge in [0.15, 0.2) is 0 Å². The van der Waals surface area contributed by atoms with Crippen molar-refractivity contribution >= 4 is 17.6 Å². The molecule has 2 rings (SSSR count). The minimum atomic E-state index is -4.39. The van der Waals surface area contributed by atoms with Gasteiger partial charge in [0.1, 0.15) is 0 Å². The third kappa shape index (κ3) is 6.32. The topological polar surface area (TPSA) is 70.2 Å². The van der Waals surface area contributed by atoms with Gasteiger partial charge in [-0.1, -0.05) is 12.1 Å². The lowest BCUT2D eigenvalue weighted by Crippen LogP contribution is -2.34. The number of amides is 3. The van der Waals surface area contributed by atoms with Crippen LogP contribution in [0.15, 0.2) is 48.5 Å². The molecule has 0 saturated heterocycles. The molecule has 0 aliphatic heterocycles. The molecule has 0 unspecified atom stereocenters. The van der Waals surface area contributed by atoms with Gasteiger partial charge in [-0.3, -0.25) is 4.79 Å². The molecule has 0 aromatic heterocycles. The van der Waals surface area contributed by atoms with Gasteiger partial charge >= 0.3 is 12.2 Å². The van der Waals surface area contributed by atoms with Crippen molar-refractivity contribution in [1.82, 2.24) is 10.6 Å². The van der Waals surface area contributed by atoms with Crippen LogP contribution in [0, 0.1) is 0 Å². The third-order valence-corrected chi connectivity index (χ3v) is 3.56. The van der Waals surface area contributed by atoms with E-state index in [0.717, 1.165) is 12.1 Å². The Labute approximate surface area is 155 Å². The van der Waals surface area contributed by atoms with E-state index in [-0.39, 0.29) is 24.5 Å². The van der Waals surface area contributed by atoms with Crippen molar-refractivity contribution in [2.45, 2.75) is 32.6 Å². The molecule has 5 nitrogen and oxygen atoms in total. The summed E-state index contributed by atoms with van der Waals surface area (Å²) in [6.45, 7) is 3.78. The van der Waals surface area contributed by atoms with E-state index < -0.39 is 11.7 Å². The molecule has 3 N–H and O–H groups in total. The zero-order valence-corrected chi connectivity index (χ0v) is 14.9. The van der Waals surface area contributed by atoms with Gasteiger partial charge in [-0.2, -0.15) is 13.2 Å². The van der Waals surface area contributed by atoms with Crippen LogP contribution in [-0.2, 0) is 12.7 Å². The molecule has 0 radical (unpaired) electrons. The lowest BCUT2D eigenvalue weighted by atomic mass is 10.1. The SMILES string of the molecule is CC(C)NC(=O)Nc1ccc(C(=O)NCc2ccc(C(F)(F)F)cc2)cc1. The van der Waals surface area contributed by atoms with E-state index in [2.05, 4.69) is 16.0 Å². The Kier molecular flexibility index (Phi) is 6.44. The summed E-state index contributed by atoms with van der Waals surface area (Å²) in [6.07, 6.45) is -4.39. The van der Waals surface area contributed by atoms with E-state index in [1.165, 1.54) is 12.1 Å². The average molecular weight is 379 g/mol. The predicted molar refractivity (Wildman–Crippen MR) is 96.3 cm³/mol. The Bertz CT molecular complexity index is 785. The van der Waals surface area contributed by atoms with Crippen LogP contribution in [-0.4, -0.2) is 18.0 Å². The first kappa shape index (κ1) is 20.3. The largest absolute Gasteiger partial charge is 0.416 e. The maximum Gasteiger partial charge on any atom is 0.416 e. The highest BCUT2D eigenvalue weighted by atomic mass is 19.4. The second-order valence-electron chi connectivity index (χ2n) is 6.21. The Morgan fingerprint density at radius 3 is 2.07 bits per heavy atom. The number of urea groups is 1. The highest BCUT2D eigenvalue weighted by Crippen LogP contribution is 2.29. The van der Waals surface area contributed by atoms with E-state index in [0.29, 0.717) is 16.8 Å². The third-order valence-electron chi connectivity index (χ3n) is 3.56. The first-order chi connectivity index (χ1) is 12.6. The molecule has 2 aromatic carbocycles. The molecule has 8 heteroatoms. The van der Waals surface area contributed by atoms with Crippen molar-refractivity contribution in [2.75, 3.05) is 5.32 Å². The number of carbonyl (C=O) groups excluding carboxylic acids is 2. The summed E-state index contributed by atoms with van der Waals surface area (Å²) >= 11 is 0. The summed E-state index contributed by atoms with van der Waals surface area (Å²) in [6, 6.07) is 10.5. The molecule has 0 aliphatic carbocycles. The van der Waals surface area contributed by atoms with Crippen LogP contribution < -0.4 is 16.0 Å². The van der Waals surface area contributed by atoms with Crippen LogP contribution >= 0.6 is 0 Å². The highest BCUT2D eigenvalue weighted by molar-refractivity contribution is 5.95. The number of alkyl halides is 3. The van der Waals surface area contributed by atoms with Crippen molar-refractivity contribution < 1.29 is 22.8 Å². The second kappa shape index (κ2) is 8.57. The van der Waals surface area contributed by atoms with Crippen LogP contribution in [0.4, 0.5) is 23.7 Å². The Balaban J connectivity index is 1.89. The summed E-state index contributed by atoms with van der Waals surface area (Å²) < 4.78 is 37.6. The standard InChI is InChI=1S/C19H20F3N3O2/c1-12(2)24-18(27)25-16-9-5-14(6-10-16)17(26)23-11-13-3-7-15(8-4-13)19(20,21)22/h3-10,12H,11H2,1-2H3,(H,23,26)(H2,24,25,27). The normalized spacial score (nSPS) is 11.2. The van der Waals surface area contributed by atoms with Gasteiger partial charge < -0.3 is 16.0 Å². The van der Waals surface area contributed by atoms with Gasteiger partial charge in [0, 0.05) is 23.8 Å². The number of benzene rings is 2. The maximum absolute atomic E-state index is 12.5. The number of anilines is 1. The molecule has 0 bridgehead atoms. The monoisotopic (exact) mass is 379 g/mol.